The summed E-state index contributed by atoms with van der Waals surface area (Å²) in [5.74, 6) is 0.536. The lowest BCUT2D eigenvalue weighted by Crippen LogP contribution is -2.02. The van der Waals surface area contributed by atoms with Crippen LogP contribution in [0.1, 0.15) is 5.82 Å². The lowest BCUT2D eigenvalue weighted by Gasteiger charge is -2.11. The largest absolute Gasteiger partial charge is 0.399 e. The second-order valence-electron chi connectivity index (χ2n) is 4.34. The van der Waals surface area contributed by atoms with Crippen LogP contribution in [-0.4, -0.2) is 14.7 Å². The molecule has 3 rings (SSSR count). The third kappa shape index (κ3) is 2.08. The second-order valence-corrected chi connectivity index (χ2v) is 5.54. The highest BCUT2D eigenvalue weighted by Crippen LogP contribution is 2.32. The highest BCUT2D eigenvalue weighted by Gasteiger charge is 2.15. The van der Waals surface area contributed by atoms with Gasteiger partial charge in [0, 0.05) is 5.69 Å². The molecular weight excluding hydrogens is 342 g/mol. The number of anilines is 1. The Morgan fingerprint density at radius 1 is 1.30 bits per heavy atom. The molecule has 0 bridgehead atoms. The zero-order valence-corrected chi connectivity index (χ0v) is 12.7. The van der Waals surface area contributed by atoms with Crippen LogP contribution in [0.25, 0.3) is 16.7 Å². The number of hydrogen-bond donors (Lipinski definition) is 2. The summed E-state index contributed by atoms with van der Waals surface area (Å²) in [6.45, 7) is -0.173. The monoisotopic (exact) mass is 351 g/mol. The summed E-state index contributed by atoms with van der Waals surface area (Å²) < 4.78 is 2.62. The molecule has 0 aliphatic carbocycles. The molecule has 6 heteroatoms. The van der Waals surface area contributed by atoms with E-state index in [2.05, 4.69) is 20.9 Å². The normalized spacial score (nSPS) is 11.2. The van der Waals surface area contributed by atoms with Crippen LogP contribution in [-0.2, 0) is 6.61 Å². The van der Waals surface area contributed by atoms with Gasteiger partial charge in [0.1, 0.15) is 12.4 Å². The number of fused-ring (bicyclic) bond motifs is 1. The van der Waals surface area contributed by atoms with Crippen LogP contribution < -0.4 is 5.73 Å². The Kier molecular flexibility index (Phi) is 3.41. The smallest absolute Gasteiger partial charge is 0.140 e. The van der Waals surface area contributed by atoms with E-state index in [9.17, 15) is 5.11 Å². The number of aromatic nitrogens is 2. The lowest BCUT2D eigenvalue weighted by atomic mass is 10.2. The molecule has 1 aromatic heterocycles. The minimum absolute atomic E-state index is 0.173. The van der Waals surface area contributed by atoms with Crippen LogP contribution in [0, 0.1) is 0 Å². The summed E-state index contributed by atoms with van der Waals surface area (Å²) in [5, 5.41) is 10.1. The van der Waals surface area contributed by atoms with E-state index in [1.165, 1.54) is 0 Å². The third-order valence-corrected chi connectivity index (χ3v) is 4.44. The number of benzene rings is 2. The maximum absolute atomic E-state index is 9.55. The molecular formula is C14H11BrClN3O. The zero-order valence-electron chi connectivity index (χ0n) is 10.3. The molecule has 2 aromatic carbocycles. The third-order valence-electron chi connectivity index (χ3n) is 3.06. The number of imidazole rings is 1. The van der Waals surface area contributed by atoms with Crippen LogP contribution in [0.2, 0.25) is 5.02 Å². The van der Waals surface area contributed by atoms with Crippen molar-refractivity contribution in [2.45, 2.75) is 6.61 Å². The van der Waals surface area contributed by atoms with Crippen molar-refractivity contribution >= 4 is 44.3 Å². The first-order chi connectivity index (χ1) is 9.61. The summed E-state index contributed by atoms with van der Waals surface area (Å²) in [6, 6.07) is 11.0. The molecule has 0 radical (unpaired) electrons. The quantitative estimate of drug-likeness (QED) is 0.694. The van der Waals surface area contributed by atoms with Crippen molar-refractivity contribution < 1.29 is 5.11 Å². The number of rotatable bonds is 2. The Balaban J connectivity index is 2.37. The number of aliphatic hydroxyl groups is 1. The maximum atomic E-state index is 9.55. The fourth-order valence-corrected chi connectivity index (χ4v) is 2.80. The Hall–Kier alpha value is -1.56. The topological polar surface area (TPSA) is 64.1 Å². The van der Waals surface area contributed by atoms with Crippen molar-refractivity contribution in [3.63, 3.8) is 0 Å². The van der Waals surface area contributed by atoms with E-state index in [0.717, 1.165) is 21.2 Å². The highest BCUT2D eigenvalue weighted by molar-refractivity contribution is 9.10. The van der Waals surface area contributed by atoms with Gasteiger partial charge in [0.2, 0.25) is 0 Å². The first-order valence-corrected chi connectivity index (χ1v) is 7.11. The molecule has 3 N–H and O–H groups in total. The van der Waals surface area contributed by atoms with Gasteiger partial charge in [0.25, 0.3) is 0 Å². The van der Waals surface area contributed by atoms with Crippen molar-refractivity contribution in [1.82, 2.24) is 9.55 Å². The molecule has 0 saturated carbocycles. The number of nitrogens with zero attached hydrogens (tertiary/aromatic N) is 2. The number of nitrogen functional groups attached to an aromatic ring is 1. The van der Waals surface area contributed by atoms with Gasteiger partial charge in [-0.3, -0.25) is 4.57 Å². The Morgan fingerprint density at radius 2 is 2.10 bits per heavy atom. The Morgan fingerprint density at radius 3 is 2.85 bits per heavy atom. The summed E-state index contributed by atoms with van der Waals surface area (Å²) in [6.07, 6.45) is 0. The molecule has 20 heavy (non-hydrogen) atoms. The van der Waals surface area contributed by atoms with Crippen LogP contribution in [0.15, 0.2) is 40.9 Å². The molecule has 0 saturated heterocycles. The van der Waals surface area contributed by atoms with Crippen LogP contribution >= 0.6 is 27.5 Å². The van der Waals surface area contributed by atoms with Gasteiger partial charge in [-0.15, -0.1) is 0 Å². The molecule has 1 heterocycles. The minimum Gasteiger partial charge on any atom is -0.399 e. The molecule has 4 nitrogen and oxygen atoms in total. The van der Waals surface area contributed by atoms with E-state index in [1.54, 1.807) is 18.2 Å². The van der Waals surface area contributed by atoms with E-state index in [0.29, 0.717) is 16.5 Å². The van der Waals surface area contributed by atoms with Crippen molar-refractivity contribution in [3.8, 4) is 5.69 Å². The van der Waals surface area contributed by atoms with Gasteiger partial charge >= 0.3 is 0 Å². The number of nitrogens with two attached hydrogens (primary N) is 1. The molecule has 0 unspecified atom stereocenters. The zero-order chi connectivity index (χ0) is 14.3. The molecule has 0 spiro atoms. The molecule has 0 aliphatic rings. The van der Waals surface area contributed by atoms with Gasteiger partial charge in [0.05, 0.1) is 26.2 Å². The van der Waals surface area contributed by atoms with Crippen molar-refractivity contribution in [3.05, 3.63) is 51.7 Å². The second kappa shape index (κ2) is 5.09. The van der Waals surface area contributed by atoms with Gasteiger partial charge < -0.3 is 10.8 Å². The predicted molar refractivity (Wildman–Crippen MR) is 84.1 cm³/mol. The van der Waals surface area contributed by atoms with E-state index < -0.39 is 0 Å². The average Bonchev–Trinajstić information content (AvgIpc) is 2.79. The van der Waals surface area contributed by atoms with Crippen LogP contribution in [0.3, 0.4) is 0 Å². The summed E-state index contributed by atoms with van der Waals surface area (Å²) in [4.78, 5) is 4.41. The van der Waals surface area contributed by atoms with E-state index in [4.69, 9.17) is 17.3 Å². The van der Waals surface area contributed by atoms with Gasteiger partial charge in [-0.05, 0) is 46.3 Å². The number of hydrogen-bond acceptors (Lipinski definition) is 3. The fraction of sp³-hybridized carbons (Fsp3) is 0.0714. The van der Waals surface area contributed by atoms with E-state index in [1.807, 2.05) is 22.8 Å². The SMILES string of the molecule is Nc1ccc2c(c1)nc(CO)n2-c1cccc(Cl)c1Br. The average molecular weight is 353 g/mol. The molecule has 102 valence electrons. The number of halogens is 2. The van der Waals surface area contributed by atoms with E-state index >= 15 is 0 Å². The predicted octanol–water partition coefficient (Wildman–Crippen LogP) is 3.52. The fourth-order valence-electron chi connectivity index (χ4n) is 2.19. The highest BCUT2D eigenvalue weighted by atomic mass is 79.9. The van der Waals surface area contributed by atoms with Gasteiger partial charge in [-0.1, -0.05) is 17.7 Å². The summed E-state index contributed by atoms with van der Waals surface area (Å²) in [7, 11) is 0. The molecule has 0 atom stereocenters. The molecule has 0 fully saturated rings. The van der Waals surface area contributed by atoms with Crippen LogP contribution in [0.5, 0.6) is 0 Å². The van der Waals surface area contributed by atoms with Gasteiger partial charge in [0.15, 0.2) is 0 Å². The van der Waals surface area contributed by atoms with Crippen molar-refractivity contribution in [2.24, 2.45) is 0 Å². The van der Waals surface area contributed by atoms with Crippen molar-refractivity contribution in [1.29, 1.82) is 0 Å². The van der Waals surface area contributed by atoms with Crippen molar-refractivity contribution in [2.75, 3.05) is 5.73 Å². The Bertz CT molecular complexity index is 800. The van der Waals surface area contributed by atoms with Gasteiger partial charge in [-0.25, -0.2) is 4.98 Å². The maximum Gasteiger partial charge on any atom is 0.140 e. The first kappa shape index (κ1) is 13.4. The van der Waals surface area contributed by atoms with E-state index in [-0.39, 0.29) is 6.61 Å². The molecule has 3 aromatic rings. The first-order valence-electron chi connectivity index (χ1n) is 5.94. The lowest BCUT2D eigenvalue weighted by molar-refractivity contribution is 0.270. The number of aliphatic hydroxyl groups excluding tert-OH is 1. The van der Waals surface area contributed by atoms with Crippen LogP contribution in [0.4, 0.5) is 5.69 Å². The van der Waals surface area contributed by atoms with Gasteiger partial charge in [-0.2, -0.15) is 0 Å². The summed E-state index contributed by atoms with van der Waals surface area (Å²) in [5.41, 5.74) is 8.84. The standard InChI is InChI=1S/C14H11BrClN3O/c15-14-9(16)2-1-3-12(14)19-11-5-4-8(17)6-10(11)18-13(19)7-20/h1-6,20H,7,17H2. The Labute approximate surface area is 128 Å². The molecule has 0 amide bonds. The molecule has 0 aliphatic heterocycles. The summed E-state index contributed by atoms with van der Waals surface area (Å²) >= 11 is 9.62. The minimum atomic E-state index is -0.173.